The van der Waals surface area contributed by atoms with Gasteiger partial charge in [-0.2, -0.15) is 0 Å². The van der Waals surface area contributed by atoms with Gasteiger partial charge in [0.05, 0.1) is 12.1 Å². The highest BCUT2D eigenvalue weighted by atomic mass is 35.5. The van der Waals surface area contributed by atoms with Crippen LogP contribution in [0.5, 0.6) is 0 Å². The first-order valence-electron chi connectivity index (χ1n) is 3.58. The second kappa shape index (κ2) is 4.48. The quantitative estimate of drug-likeness (QED) is 0.575. The van der Waals surface area contributed by atoms with E-state index in [2.05, 4.69) is 16.2 Å². The van der Waals surface area contributed by atoms with Crippen molar-refractivity contribution in [1.29, 1.82) is 0 Å². The third-order valence-electron chi connectivity index (χ3n) is 1.30. The number of carbonyl (C=O) groups is 1. The molecule has 1 aromatic rings. The average Bonchev–Trinajstić information content (AvgIpc) is 2.09. The third kappa shape index (κ3) is 2.77. The summed E-state index contributed by atoms with van der Waals surface area (Å²) in [6, 6.07) is 3.33. The number of nitrogens with one attached hydrogen (secondary N) is 1. The van der Waals surface area contributed by atoms with Crippen molar-refractivity contribution in [3.8, 4) is 12.3 Å². The van der Waals surface area contributed by atoms with Crippen molar-refractivity contribution in [3.05, 3.63) is 23.5 Å². The Labute approximate surface area is 81.1 Å². The minimum absolute atomic E-state index is 0.0330. The molecular formula is C9H7ClN2O. The van der Waals surface area contributed by atoms with Gasteiger partial charge in [-0.15, -0.1) is 6.42 Å². The van der Waals surface area contributed by atoms with Crippen molar-refractivity contribution in [3.63, 3.8) is 0 Å². The van der Waals surface area contributed by atoms with Gasteiger partial charge in [0, 0.05) is 6.20 Å². The molecule has 0 spiro atoms. The molecule has 0 fully saturated rings. The van der Waals surface area contributed by atoms with E-state index in [9.17, 15) is 4.79 Å². The van der Waals surface area contributed by atoms with Crippen LogP contribution in [0.4, 0.5) is 5.69 Å². The molecule has 1 amide bonds. The van der Waals surface area contributed by atoms with Crippen molar-refractivity contribution in [2.24, 2.45) is 0 Å². The van der Waals surface area contributed by atoms with Crippen LogP contribution < -0.4 is 5.32 Å². The molecule has 0 aliphatic heterocycles. The van der Waals surface area contributed by atoms with Crippen LogP contribution in [0.1, 0.15) is 6.42 Å². The zero-order valence-corrected chi connectivity index (χ0v) is 7.51. The SMILES string of the molecule is C#CCC(=O)Nc1cccnc1Cl. The molecule has 1 aromatic heterocycles. The van der Waals surface area contributed by atoms with Gasteiger partial charge < -0.3 is 5.32 Å². The maximum atomic E-state index is 11.0. The first kappa shape index (κ1) is 9.56. The maximum absolute atomic E-state index is 11.0. The fraction of sp³-hybridized carbons (Fsp3) is 0.111. The molecule has 0 bridgehead atoms. The molecule has 0 saturated carbocycles. The molecule has 66 valence electrons. The minimum Gasteiger partial charge on any atom is -0.323 e. The van der Waals surface area contributed by atoms with Gasteiger partial charge in [0.2, 0.25) is 5.91 Å². The molecule has 1 N–H and O–H groups in total. The van der Waals surface area contributed by atoms with E-state index in [0.29, 0.717) is 5.69 Å². The Morgan fingerprint density at radius 1 is 1.77 bits per heavy atom. The van der Waals surface area contributed by atoms with Crippen LogP contribution in [0, 0.1) is 12.3 Å². The second-order valence-electron chi connectivity index (χ2n) is 2.27. The lowest BCUT2D eigenvalue weighted by molar-refractivity contribution is -0.115. The van der Waals surface area contributed by atoms with Crippen molar-refractivity contribution >= 4 is 23.2 Å². The zero-order chi connectivity index (χ0) is 9.68. The van der Waals surface area contributed by atoms with Crippen LogP contribution in [0.15, 0.2) is 18.3 Å². The van der Waals surface area contributed by atoms with Gasteiger partial charge in [0.25, 0.3) is 0 Å². The molecule has 0 unspecified atom stereocenters. The van der Waals surface area contributed by atoms with E-state index in [4.69, 9.17) is 18.0 Å². The summed E-state index contributed by atoms with van der Waals surface area (Å²) in [6.07, 6.45) is 6.54. The van der Waals surface area contributed by atoms with Crippen LogP contribution >= 0.6 is 11.6 Å². The smallest absolute Gasteiger partial charge is 0.236 e. The van der Waals surface area contributed by atoms with Gasteiger partial charge in [0.15, 0.2) is 5.15 Å². The van der Waals surface area contributed by atoms with Crippen LogP contribution in [0.25, 0.3) is 0 Å². The highest BCUT2D eigenvalue weighted by molar-refractivity contribution is 6.32. The van der Waals surface area contributed by atoms with Gasteiger partial charge in [-0.3, -0.25) is 4.79 Å². The van der Waals surface area contributed by atoms with Crippen molar-refractivity contribution in [2.75, 3.05) is 5.32 Å². The molecule has 0 aliphatic carbocycles. The monoisotopic (exact) mass is 194 g/mol. The van der Waals surface area contributed by atoms with Crippen molar-refractivity contribution < 1.29 is 4.79 Å². The highest BCUT2D eigenvalue weighted by Crippen LogP contribution is 2.17. The van der Waals surface area contributed by atoms with Crippen molar-refractivity contribution in [1.82, 2.24) is 4.98 Å². The Morgan fingerprint density at radius 3 is 3.15 bits per heavy atom. The largest absolute Gasteiger partial charge is 0.323 e. The first-order chi connectivity index (χ1) is 6.24. The first-order valence-corrected chi connectivity index (χ1v) is 3.95. The minimum atomic E-state index is -0.266. The Hall–Kier alpha value is -1.53. The number of hydrogen-bond acceptors (Lipinski definition) is 2. The number of aromatic nitrogens is 1. The van der Waals surface area contributed by atoms with Gasteiger partial charge in [0.1, 0.15) is 0 Å². The van der Waals surface area contributed by atoms with Crippen LogP contribution in [-0.4, -0.2) is 10.9 Å². The number of carbonyl (C=O) groups excluding carboxylic acids is 1. The summed E-state index contributed by atoms with van der Waals surface area (Å²) in [5.41, 5.74) is 0.476. The zero-order valence-electron chi connectivity index (χ0n) is 6.75. The predicted octanol–water partition coefficient (Wildman–Crippen LogP) is 1.70. The maximum Gasteiger partial charge on any atom is 0.236 e. The number of pyridine rings is 1. The van der Waals surface area contributed by atoms with Crippen molar-refractivity contribution in [2.45, 2.75) is 6.42 Å². The second-order valence-corrected chi connectivity index (χ2v) is 2.63. The number of rotatable bonds is 2. The molecule has 1 rings (SSSR count). The van der Waals surface area contributed by atoms with E-state index in [1.807, 2.05) is 0 Å². The average molecular weight is 195 g/mol. The molecule has 4 heteroatoms. The van der Waals surface area contributed by atoms with E-state index in [0.717, 1.165) is 0 Å². The molecule has 0 aliphatic rings. The molecular weight excluding hydrogens is 188 g/mol. The predicted molar refractivity (Wildman–Crippen MR) is 51.3 cm³/mol. The molecule has 0 radical (unpaired) electrons. The van der Waals surface area contributed by atoms with Crippen LogP contribution in [-0.2, 0) is 4.79 Å². The van der Waals surface area contributed by atoms with Gasteiger partial charge >= 0.3 is 0 Å². The van der Waals surface area contributed by atoms with E-state index in [1.165, 1.54) is 0 Å². The number of anilines is 1. The third-order valence-corrected chi connectivity index (χ3v) is 1.60. The lowest BCUT2D eigenvalue weighted by Crippen LogP contribution is -2.10. The van der Waals surface area contributed by atoms with Crippen LogP contribution in [0.3, 0.4) is 0 Å². The van der Waals surface area contributed by atoms with E-state index in [-0.39, 0.29) is 17.5 Å². The number of terminal acetylenes is 1. The summed E-state index contributed by atoms with van der Waals surface area (Å²) in [4.78, 5) is 14.8. The Bertz CT molecular complexity index is 357. The molecule has 3 nitrogen and oxygen atoms in total. The lowest BCUT2D eigenvalue weighted by Gasteiger charge is -2.03. The molecule has 13 heavy (non-hydrogen) atoms. The fourth-order valence-corrected chi connectivity index (χ4v) is 0.933. The number of halogens is 1. The van der Waals surface area contributed by atoms with E-state index < -0.39 is 0 Å². The fourth-order valence-electron chi connectivity index (χ4n) is 0.766. The van der Waals surface area contributed by atoms with Gasteiger partial charge in [-0.25, -0.2) is 4.98 Å². The number of amides is 1. The molecule has 1 heterocycles. The normalized spacial score (nSPS) is 8.92. The topological polar surface area (TPSA) is 42.0 Å². The Kier molecular flexibility index (Phi) is 3.30. The van der Waals surface area contributed by atoms with Crippen LogP contribution in [0.2, 0.25) is 5.15 Å². The standard InChI is InChI=1S/C9H7ClN2O/c1-2-4-8(13)12-7-5-3-6-11-9(7)10/h1,3,5-6H,4H2,(H,12,13). The van der Waals surface area contributed by atoms with E-state index >= 15 is 0 Å². The molecule has 0 aromatic carbocycles. The number of hydrogen-bond donors (Lipinski definition) is 1. The lowest BCUT2D eigenvalue weighted by atomic mass is 10.3. The highest BCUT2D eigenvalue weighted by Gasteiger charge is 2.03. The molecule has 0 saturated heterocycles. The van der Waals surface area contributed by atoms with E-state index in [1.54, 1.807) is 18.3 Å². The van der Waals surface area contributed by atoms with Gasteiger partial charge in [-0.05, 0) is 12.1 Å². The number of nitrogens with zero attached hydrogens (tertiary/aromatic N) is 1. The summed E-state index contributed by atoms with van der Waals surface area (Å²) in [5.74, 6) is 1.97. The summed E-state index contributed by atoms with van der Waals surface area (Å²) < 4.78 is 0. The van der Waals surface area contributed by atoms with Gasteiger partial charge in [-0.1, -0.05) is 17.5 Å². The summed E-state index contributed by atoms with van der Waals surface area (Å²) in [6.45, 7) is 0. The summed E-state index contributed by atoms with van der Waals surface area (Å²) in [7, 11) is 0. The molecule has 0 atom stereocenters. The summed E-state index contributed by atoms with van der Waals surface area (Å²) >= 11 is 5.69. The summed E-state index contributed by atoms with van der Waals surface area (Å²) in [5, 5.41) is 2.79. The Balaban J connectivity index is 2.70. The Morgan fingerprint density at radius 2 is 2.54 bits per heavy atom.